The second-order valence-corrected chi connectivity index (χ2v) is 4.14. The minimum Gasteiger partial charge on any atom is -0.368 e. The van der Waals surface area contributed by atoms with E-state index in [0.717, 1.165) is 19.4 Å². The molecule has 4 N–H and O–H groups in total. The van der Waals surface area contributed by atoms with Crippen molar-refractivity contribution >= 4 is 5.96 Å². The lowest BCUT2D eigenvalue weighted by atomic mass is 9.98. The standard InChI is InChI=1S/C9H18N4O/c10-9(12-14)11-7-3-5-13-4-1-2-8(13)6-7/h7-8,14H,1-6H2,(H3,10,11,12). The first-order chi connectivity index (χ1) is 6.79. The number of hydrogen-bond acceptors (Lipinski definition) is 3. The van der Waals surface area contributed by atoms with E-state index in [1.54, 1.807) is 0 Å². The maximum atomic E-state index is 8.54. The largest absolute Gasteiger partial charge is 0.368 e. The summed E-state index contributed by atoms with van der Waals surface area (Å²) in [5.74, 6) is 0.140. The van der Waals surface area contributed by atoms with Crippen molar-refractivity contribution in [2.75, 3.05) is 13.1 Å². The van der Waals surface area contributed by atoms with Gasteiger partial charge in [-0.2, -0.15) is 0 Å². The van der Waals surface area contributed by atoms with Crippen molar-refractivity contribution in [3.8, 4) is 0 Å². The first-order valence-electron chi connectivity index (χ1n) is 5.27. The molecule has 5 nitrogen and oxygen atoms in total. The lowest BCUT2D eigenvalue weighted by Gasteiger charge is -2.33. The van der Waals surface area contributed by atoms with Crippen molar-refractivity contribution in [2.45, 2.75) is 37.8 Å². The highest BCUT2D eigenvalue weighted by atomic mass is 16.5. The topological polar surface area (TPSA) is 73.9 Å². The van der Waals surface area contributed by atoms with Crippen LogP contribution in [0.25, 0.3) is 0 Å². The van der Waals surface area contributed by atoms with Crippen LogP contribution >= 0.6 is 0 Å². The van der Waals surface area contributed by atoms with Gasteiger partial charge < -0.3 is 10.6 Å². The van der Waals surface area contributed by atoms with Crippen LogP contribution < -0.4 is 11.2 Å². The maximum absolute atomic E-state index is 8.54. The molecule has 0 aromatic heterocycles. The van der Waals surface area contributed by atoms with Gasteiger partial charge in [-0.15, -0.1) is 0 Å². The van der Waals surface area contributed by atoms with Gasteiger partial charge in [-0.1, -0.05) is 0 Å². The molecule has 0 spiro atoms. The fraction of sp³-hybridized carbons (Fsp3) is 0.889. The Bertz CT molecular complexity index is 231. The normalized spacial score (nSPS) is 34.2. The van der Waals surface area contributed by atoms with Crippen LogP contribution in [0.1, 0.15) is 25.7 Å². The molecule has 0 saturated carbocycles. The molecule has 0 bridgehead atoms. The average molecular weight is 198 g/mol. The van der Waals surface area contributed by atoms with E-state index in [-0.39, 0.29) is 12.0 Å². The molecular formula is C9H18N4O. The summed E-state index contributed by atoms with van der Waals surface area (Å²) in [5, 5.41) is 8.54. The van der Waals surface area contributed by atoms with Gasteiger partial charge in [0.15, 0.2) is 0 Å². The van der Waals surface area contributed by atoms with Crippen molar-refractivity contribution in [3.05, 3.63) is 0 Å². The highest BCUT2D eigenvalue weighted by Crippen LogP contribution is 2.28. The number of nitrogens with zero attached hydrogens (tertiary/aromatic N) is 2. The summed E-state index contributed by atoms with van der Waals surface area (Å²) in [6.45, 7) is 2.37. The maximum Gasteiger partial charge on any atom is 0.213 e. The number of hydroxylamine groups is 1. The summed E-state index contributed by atoms with van der Waals surface area (Å²) in [5.41, 5.74) is 7.30. The quantitative estimate of drug-likeness (QED) is 0.313. The van der Waals surface area contributed by atoms with Gasteiger partial charge in [0, 0.05) is 12.6 Å². The predicted molar refractivity (Wildman–Crippen MR) is 54.2 cm³/mol. The third-order valence-electron chi connectivity index (χ3n) is 3.23. The third-order valence-corrected chi connectivity index (χ3v) is 3.23. The minimum absolute atomic E-state index is 0.140. The second kappa shape index (κ2) is 4.14. The number of hydrogen-bond donors (Lipinski definition) is 3. The number of guanidine groups is 1. The molecule has 2 heterocycles. The molecule has 2 atom stereocenters. The zero-order chi connectivity index (χ0) is 9.97. The van der Waals surface area contributed by atoms with Crippen molar-refractivity contribution in [1.82, 2.24) is 10.4 Å². The Morgan fingerprint density at radius 3 is 3.07 bits per heavy atom. The molecule has 0 amide bonds. The summed E-state index contributed by atoms with van der Waals surface area (Å²) in [4.78, 5) is 6.76. The molecule has 0 aromatic carbocycles. The lowest BCUT2D eigenvalue weighted by molar-refractivity contribution is 0.181. The summed E-state index contributed by atoms with van der Waals surface area (Å²) in [6, 6.07) is 0.984. The van der Waals surface area contributed by atoms with E-state index in [0.29, 0.717) is 6.04 Å². The number of fused-ring (bicyclic) bond motifs is 1. The molecule has 14 heavy (non-hydrogen) atoms. The van der Waals surface area contributed by atoms with Crippen molar-refractivity contribution < 1.29 is 5.21 Å². The van der Waals surface area contributed by atoms with Gasteiger partial charge >= 0.3 is 0 Å². The molecule has 2 aliphatic rings. The Labute approximate surface area is 83.9 Å². The Morgan fingerprint density at radius 2 is 2.29 bits per heavy atom. The minimum atomic E-state index is 0.140. The number of nitrogens with one attached hydrogen (secondary N) is 1. The number of rotatable bonds is 1. The second-order valence-electron chi connectivity index (χ2n) is 4.14. The van der Waals surface area contributed by atoms with Crippen LogP contribution in [-0.2, 0) is 0 Å². The Morgan fingerprint density at radius 1 is 1.43 bits per heavy atom. The SMILES string of the molecule is NC(=NC1CCN2CCCC2C1)NO. The Hall–Kier alpha value is -0.810. The number of nitrogens with two attached hydrogens (primary N) is 1. The number of aliphatic imine (C=N–C) groups is 1. The first kappa shape index (κ1) is 9.73. The van der Waals surface area contributed by atoms with Crippen molar-refractivity contribution in [2.24, 2.45) is 10.7 Å². The van der Waals surface area contributed by atoms with E-state index in [1.807, 2.05) is 5.48 Å². The Kier molecular flexibility index (Phi) is 2.88. The van der Waals surface area contributed by atoms with Crippen LogP contribution in [0.4, 0.5) is 0 Å². The molecule has 2 unspecified atom stereocenters. The fourth-order valence-electron chi connectivity index (χ4n) is 2.55. The fourth-order valence-corrected chi connectivity index (χ4v) is 2.55. The lowest BCUT2D eigenvalue weighted by Crippen LogP contribution is -2.41. The molecular weight excluding hydrogens is 180 g/mol. The van der Waals surface area contributed by atoms with Crippen molar-refractivity contribution in [1.29, 1.82) is 0 Å². The zero-order valence-corrected chi connectivity index (χ0v) is 8.32. The van der Waals surface area contributed by atoms with E-state index >= 15 is 0 Å². The monoisotopic (exact) mass is 198 g/mol. The van der Waals surface area contributed by atoms with E-state index in [1.165, 1.54) is 19.4 Å². The zero-order valence-electron chi connectivity index (χ0n) is 8.32. The highest BCUT2D eigenvalue weighted by molar-refractivity contribution is 5.76. The van der Waals surface area contributed by atoms with Gasteiger partial charge in [-0.25, -0.2) is 10.5 Å². The average Bonchev–Trinajstić information content (AvgIpc) is 2.64. The predicted octanol–water partition coefficient (Wildman–Crippen LogP) is -0.0933. The van der Waals surface area contributed by atoms with E-state index in [2.05, 4.69) is 9.89 Å². The van der Waals surface area contributed by atoms with Crippen LogP contribution in [0.2, 0.25) is 0 Å². The number of piperidine rings is 1. The molecule has 2 aliphatic heterocycles. The van der Waals surface area contributed by atoms with Gasteiger partial charge in [0.25, 0.3) is 0 Å². The molecule has 2 rings (SSSR count). The first-order valence-corrected chi connectivity index (χ1v) is 5.27. The van der Waals surface area contributed by atoms with Crippen LogP contribution in [0, 0.1) is 0 Å². The smallest absolute Gasteiger partial charge is 0.213 e. The molecule has 0 aliphatic carbocycles. The van der Waals surface area contributed by atoms with Gasteiger partial charge in [0.05, 0.1) is 6.04 Å². The van der Waals surface area contributed by atoms with Crippen LogP contribution in [0.3, 0.4) is 0 Å². The van der Waals surface area contributed by atoms with Gasteiger partial charge in [0.2, 0.25) is 5.96 Å². The molecule has 80 valence electrons. The van der Waals surface area contributed by atoms with E-state index in [9.17, 15) is 0 Å². The molecule has 5 heteroatoms. The van der Waals surface area contributed by atoms with Crippen LogP contribution in [0.15, 0.2) is 4.99 Å². The van der Waals surface area contributed by atoms with Gasteiger partial charge in [-0.05, 0) is 32.2 Å². The highest BCUT2D eigenvalue weighted by Gasteiger charge is 2.31. The molecule has 0 radical (unpaired) electrons. The molecule has 2 fully saturated rings. The third kappa shape index (κ3) is 1.99. The van der Waals surface area contributed by atoms with Gasteiger partial charge in [-0.3, -0.25) is 5.21 Å². The van der Waals surface area contributed by atoms with E-state index < -0.39 is 0 Å². The van der Waals surface area contributed by atoms with Crippen molar-refractivity contribution in [3.63, 3.8) is 0 Å². The summed E-state index contributed by atoms with van der Waals surface area (Å²) in [7, 11) is 0. The van der Waals surface area contributed by atoms with Gasteiger partial charge in [0.1, 0.15) is 0 Å². The summed E-state index contributed by atoms with van der Waals surface area (Å²) in [6.07, 6.45) is 4.74. The molecule has 2 saturated heterocycles. The molecule has 0 aromatic rings. The Balaban J connectivity index is 1.91. The summed E-state index contributed by atoms with van der Waals surface area (Å²) >= 11 is 0. The van der Waals surface area contributed by atoms with E-state index in [4.69, 9.17) is 10.9 Å². The van der Waals surface area contributed by atoms with Crippen LogP contribution in [-0.4, -0.2) is 41.2 Å². The van der Waals surface area contributed by atoms with Crippen LogP contribution in [0.5, 0.6) is 0 Å². The summed E-state index contributed by atoms with van der Waals surface area (Å²) < 4.78 is 0.